The van der Waals surface area contributed by atoms with E-state index in [4.69, 9.17) is 27.6 Å². The van der Waals surface area contributed by atoms with Gasteiger partial charge in [-0.2, -0.15) is 0 Å². The molecule has 3 nitrogen and oxygen atoms in total. The highest BCUT2D eigenvalue weighted by Crippen LogP contribution is 2.27. The van der Waals surface area contributed by atoms with Crippen LogP contribution in [-0.4, -0.2) is 6.41 Å². The van der Waals surface area contributed by atoms with Crippen LogP contribution in [-0.2, 0) is 11.2 Å². The SMILES string of the molecule is Cc1c(Cc2ccc(Cl)c(Cl)c2)coc1NC=O. The van der Waals surface area contributed by atoms with Gasteiger partial charge in [-0.25, -0.2) is 0 Å². The van der Waals surface area contributed by atoms with E-state index in [-0.39, 0.29) is 0 Å². The molecule has 0 saturated carbocycles. The van der Waals surface area contributed by atoms with Crippen molar-refractivity contribution in [3.05, 3.63) is 51.2 Å². The van der Waals surface area contributed by atoms with Crippen LogP contribution in [0.4, 0.5) is 5.88 Å². The Labute approximate surface area is 115 Å². The van der Waals surface area contributed by atoms with Crippen molar-refractivity contribution in [2.45, 2.75) is 13.3 Å². The zero-order valence-corrected chi connectivity index (χ0v) is 11.2. The molecule has 5 heteroatoms. The van der Waals surface area contributed by atoms with Crippen LogP contribution in [0, 0.1) is 6.92 Å². The number of nitrogens with one attached hydrogen (secondary N) is 1. The Morgan fingerprint density at radius 1 is 1.33 bits per heavy atom. The fourth-order valence-corrected chi connectivity index (χ4v) is 2.01. The van der Waals surface area contributed by atoms with Crippen molar-refractivity contribution < 1.29 is 9.21 Å². The molecule has 0 saturated heterocycles. The van der Waals surface area contributed by atoms with Gasteiger partial charge in [0.15, 0.2) is 0 Å². The van der Waals surface area contributed by atoms with Crippen LogP contribution in [0.5, 0.6) is 0 Å². The fraction of sp³-hybridized carbons (Fsp3) is 0.154. The molecular weight excluding hydrogens is 273 g/mol. The first-order chi connectivity index (χ1) is 8.61. The van der Waals surface area contributed by atoms with E-state index in [0.29, 0.717) is 28.8 Å². The number of hydrogen-bond donors (Lipinski definition) is 1. The second-order valence-electron chi connectivity index (χ2n) is 3.90. The molecule has 1 aromatic carbocycles. The largest absolute Gasteiger partial charge is 0.448 e. The summed E-state index contributed by atoms with van der Waals surface area (Å²) in [4.78, 5) is 10.4. The van der Waals surface area contributed by atoms with Gasteiger partial charge in [0, 0.05) is 12.0 Å². The minimum Gasteiger partial charge on any atom is -0.448 e. The van der Waals surface area contributed by atoms with Crippen molar-refractivity contribution in [2.75, 3.05) is 5.32 Å². The second kappa shape index (κ2) is 5.46. The van der Waals surface area contributed by atoms with Crippen LogP contribution in [0.1, 0.15) is 16.7 Å². The van der Waals surface area contributed by atoms with Crippen LogP contribution in [0.15, 0.2) is 28.9 Å². The number of anilines is 1. The van der Waals surface area contributed by atoms with E-state index in [9.17, 15) is 4.79 Å². The lowest BCUT2D eigenvalue weighted by atomic mass is 10.0. The summed E-state index contributed by atoms with van der Waals surface area (Å²) in [6.45, 7) is 1.89. The van der Waals surface area contributed by atoms with Crippen molar-refractivity contribution in [1.82, 2.24) is 0 Å². The molecule has 0 radical (unpaired) electrons. The predicted octanol–water partition coefficient (Wildman–Crippen LogP) is 4.05. The number of halogens is 2. The van der Waals surface area contributed by atoms with Gasteiger partial charge in [-0.1, -0.05) is 29.3 Å². The Bertz CT molecular complexity index is 578. The maximum atomic E-state index is 10.4. The highest BCUT2D eigenvalue weighted by molar-refractivity contribution is 6.42. The minimum absolute atomic E-state index is 0.472. The van der Waals surface area contributed by atoms with Gasteiger partial charge in [-0.05, 0) is 30.2 Å². The van der Waals surface area contributed by atoms with Crippen molar-refractivity contribution in [2.24, 2.45) is 0 Å². The van der Waals surface area contributed by atoms with Gasteiger partial charge in [0.1, 0.15) is 0 Å². The zero-order chi connectivity index (χ0) is 13.1. The number of carbonyl (C=O) groups excluding carboxylic acids is 1. The van der Waals surface area contributed by atoms with Crippen molar-refractivity contribution in [3.8, 4) is 0 Å². The lowest BCUT2D eigenvalue weighted by Gasteiger charge is -2.02. The van der Waals surface area contributed by atoms with Crippen molar-refractivity contribution >= 4 is 35.5 Å². The Kier molecular flexibility index (Phi) is 3.94. The first kappa shape index (κ1) is 13.0. The molecular formula is C13H11Cl2NO2. The predicted molar refractivity (Wildman–Crippen MR) is 72.4 cm³/mol. The minimum atomic E-state index is 0.472. The Hall–Kier alpha value is -1.45. The molecule has 1 heterocycles. The van der Waals surface area contributed by atoms with E-state index in [2.05, 4.69) is 5.32 Å². The van der Waals surface area contributed by atoms with Crippen molar-refractivity contribution in [1.29, 1.82) is 0 Å². The van der Waals surface area contributed by atoms with E-state index in [0.717, 1.165) is 16.7 Å². The van der Waals surface area contributed by atoms with Crippen molar-refractivity contribution in [3.63, 3.8) is 0 Å². The number of rotatable bonds is 4. The first-order valence-electron chi connectivity index (χ1n) is 5.33. The third-order valence-electron chi connectivity index (χ3n) is 2.71. The summed E-state index contributed by atoms with van der Waals surface area (Å²) in [5, 5.41) is 3.57. The summed E-state index contributed by atoms with van der Waals surface area (Å²) in [6.07, 6.45) is 2.89. The summed E-state index contributed by atoms with van der Waals surface area (Å²) < 4.78 is 5.26. The quantitative estimate of drug-likeness (QED) is 0.860. The standard InChI is InChI=1S/C13H11Cl2NO2/c1-8-10(6-18-13(8)16-7-17)4-9-2-3-11(14)12(15)5-9/h2-3,5-7H,4H2,1H3,(H,16,17). The normalized spacial score (nSPS) is 10.4. The number of benzene rings is 1. The molecule has 94 valence electrons. The number of hydrogen-bond acceptors (Lipinski definition) is 2. The van der Waals surface area contributed by atoms with Gasteiger partial charge in [-0.3, -0.25) is 10.1 Å². The molecule has 0 aliphatic rings. The average Bonchev–Trinajstić information content (AvgIpc) is 2.67. The third kappa shape index (κ3) is 2.68. The molecule has 0 spiro atoms. The molecule has 0 bridgehead atoms. The topological polar surface area (TPSA) is 42.2 Å². The molecule has 0 aliphatic heterocycles. The van der Waals surface area contributed by atoms with Gasteiger partial charge in [0.25, 0.3) is 0 Å². The molecule has 1 aromatic heterocycles. The monoisotopic (exact) mass is 283 g/mol. The first-order valence-corrected chi connectivity index (χ1v) is 6.08. The van der Waals surface area contributed by atoms with Crippen LogP contribution in [0.2, 0.25) is 10.0 Å². The van der Waals surface area contributed by atoms with Crippen LogP contribution >= 0.6 is 23.2 Å². The summed E-state index contributed by atoms with van der Waals surface area (Å²) in [5.41, 5.74) is 2.94. The molecule has 1 N–H and O–H groups in total. The van der Waals surface area contributed by atoms with E-state index in [1.807, 2.05) is 19.1 Å². The summed E-state index contributed by atoms with van der Waals surface area (Å²) >= 11 is 11.8. The number of amides is 1. The molecule has 0 aliphatic carbocycles. The molecule has 1 amide bonds. The summed E-state index contributed by atoms with van der Waals surface area (Å²) in [6, 6.07) is 5.50. The van der Waals surface area contributed by atoms with Gasteiger partial charge >= 0.3 is 0 Å². The van der Waals surface area contributed by atoms with E-state index < -0.39 is 0 Å². The maximum absolute atomic E-state index is 10.4. The molecule has 0 unspecified atom stereocenters. The smallest absolute Gasteiger partial charge is 0.213 e. The van der Waals surface area contributed by atoms with Gasteiger partial charge in [0.2, 0.25) is 12.3 Å². The average molecular weight is 284 g/mol. The number of carbonyl (C=O) groups is 1. The lowest BCUT2D eigenvalue weighted by molar-refractivity contribution is -0.105. The lowest BCUT2D eigenvalue weighted by Crippen LogP contribution is -1.95. The van der Waals surface area contributed by atoms with Gasteiger partial charge in [0.05, 0.1) is 16.3 Å². The number of furan rings is 1. The second-order valence-corrected chi connectivity index (χ2v) is 4.72. The fourth-order valence-electron chi connectivity index (χ4n) is 1.69. The van der Waals surface area contributed by atoms with Gasteiger partial charge in [-0.15, -0.1) is 0 Å². The maximum Gasteiger partial charge on any atom is 0.213 e. The Morgan fingerprint density at radius 2 is 2.11 bits per heavy atom. The van der Waals surface area contributed by atoms with Gasteiger partial charge < -0.3 is 4.42 Å². The van der Waals surface area contributed by atoms with E-state index >= 15 is 0 Å². The summed E-state index contributed by atoms with van der Waals surface area (Å²) in [5.74, 6) is 0.472. The van der Waals surface area contributed by atoms with Crippen LogP contribution in [0.3, 0.4) is 0 Å². The van der Waals surface area contributed by atoms with Crippen LogP contribution < -0.4 is 5.32 Å². The van der Waals surface area contributed by atoms with E-state index in [1.165, 1.54) is 0 Å². The summed E-state index contributed by atoms with van der Waals surface area (Å²) in [7, 11) is 0. The molecule has 2 rings (SSSR count). The Balaban J connectivity index is 2.23. The highest BCUT2D eigenvalue weighted by Gasteiger charge is 2.10. The zero-order valence-electron chi connectivity index (χ0n) is 9.67. The third-order valence-corrected chi connectivity index (χ3v) is 3.45. The van der Waals surface area contributed by atoms with Crippen LogP contribution in [0.25, 0.3) is 0 Å². The Morgan fingerprint density at radius 3 is 2.78 bits per heavy atom. The molecule has 0 fully saturated rings. The molecule has 18 heavy (non-hydrogen) atoms. The molecule has 2 aromatic rings. The molecule has 0 atom stereocenters. The highest BCUT2D eigenvalue weighted by atomic mass is 35.5. The van der Waals surface area contributed by atoms with E-state index in [1.54, 1.807) is 12.3 Å².